The van der Waals surface area contributed by atoms with Gasteiger partial charge in [-0.1, -0.05) is 12.1 Å². The third-order valence-corrected chi connectivity index (χ3v) is 5.51. The first-order chi connectivity index (χ1) is 10.8. The van der Waals surface area contributed by atoms with Crippen molar-refractivity contribution in [1.82, 2.24) is 4.31 Å². The van der Waals surface area contributed by atoms with Crippen molar-refractivity contribution >= 4 is 22.0 Å². The Bertz CT molecular complexity index is 682. The molecule has 1 saturated heterocycles. The van der Waals surface area contributed by atoms with Gasteiger partial charge in [-0.2, -0.15) is 4.31 Å². The molecule has 0 saturated carbocycles. The van der Waals surface area contributed by atoms with Gasteiger partial charge in [-0.05, 0) is 37.5 Å². The predicted molar refractivity (Wildman–Crippen MR) is 82.4 cm³/mol. The number of hydrogen-bond acceptors (Lipinski definition) is 5. The predicted octanol–water partition coefficient (Wildman–Crippen LogP) is 1.24. The monoisotopic (exact) mass is 341 g/mol. The standard InChI is InChI=1S/C15H19NO6S/c1-2-22-15(19)12-7-5-11(6-8-12)10-23(20,21)16-9-3-4-13(16)14(17)18/h5-8,13H,2-4,9-10H2,1H3,(H,17,18)/t13-/m0/s1. The van der Waals surface area contributed by atoms with Gasteiger partial charge in [0.05, 0.1) is 17.9 Å². The number of hydrogen-bond donors (Lipinski definition) is 1. The molecule has 1 aromatic rings. The number of rotatable bonds is 6. The fourth-order valence-electron chi connectivity index (χ4n) is 2.56. The van der Waals surface area contributed by atoms with Gasteiger partial charge in [0.15, 0.2) is 0 Å². The number of sulfonamides is 1. The molecular weight excluding hydrogens is 322 g/mol. The SMILES string of the molecule is CCOC(=O)c1ccc(CS(=O)(=O)N2CCC[C@H]2C(=O)O)cc1. The van der Waals surface area contributed by atoms with Crippen molar-refractivity contribution in [2.45, 2.75) is 31.6 Å². The van der Waals surface area contributed by atoms with Crippen molar-refractivity contribution in [2.24, 2.45) is 0 Å². The molecule has 0 radical (unpaired) electrons. The number of carboxylic acid groups (broad SMARTS) is 1. The highest BCUT2D eigenvalue weighted by molar-refractivity contribution is 7.88. The van der Waals surface area contributed by atoms with E-state index in [1.165, 1.54) is 24.3 Å². The molecule has 1 aliphatic rings. The molecule has 126 valence electrons. The Balaban J connectivity index is 2.11. The molecule has 0 aliphatic carbocycles. The lowest BCUT2D eigenvalue weighted by Gasteiger charge is -2.20. The fraction of sp³-hybridized carbons (Fsp3) is 0.467. The molecule has 0 bridgehead atoms. The maximum Gasteiger partial charge on any atom is 0.338 e. The van der Waals surface area contributed by atoms with Crippen LogP contribution in [0.2, 0.25) is 0 Å². The Hall–Kier alpha value is -1.93. The van der Waals surface area contributed by atoms with Crippen LogP contribution in [0.1, 0.15) is 35.7 Å². The summed E-state index contributed by atoms with van der Waals surface area (Å²) in [6.07, 6.45) is 0.869. The Labute approximate surface area is 134 Å². The van der Waals surface area contributed by atoms with Crippen LogP contribution in [0.25, 0.3) is 0 Å². The molecule has 23 heavy (non-hydrogen) atoms. The highest BCUT2D eigenvalue weighted by Gasteiger charge is 2.38. The highest BCUT2D eigenvalue weighted by Crippen LogP contribution is 2.23. The minimum Gasteiger partial charge on any atom is -0.480 e. The Morgan fingerprint density at radius 1 is 1.30 bits per heavy atom. The van der Waals surface area contributed by atoms with Crippen molar-refractivity contribution in [3.8, 4) is 0 Å². The van der Waals surface area contributed by atoms with E-state index in [9.17, 15) is 18.0 Å². The van der Waals surface area contributed by atoms with Crippen molar-refractivity contribution in [2.75, 3.05) is 13.2 Å². The molecule has 1 aliphatic heterocycles. The summed E-state index contributed by atoms with van der Waals surface area (Å²) >= 11 is 0. The van der Waals surface area contributed by atoms with E-state index in [2.05, 4.69) is 0 Å². The van der Waals surface area contributed by atoms with Crippen LogP contribution in [0.15, 0.2) is 24.3 Å². The zero-order chi connectivity index (χ0) is 17.0. The topological polar surface area (TPSA) is 101 Å². The van der Waals surface area contributed by atoms with Crippen LogP contribution in [0.3, 0.4) is 0 Å². The molecule has 1 N–H and O–H groups in total. The van der Waals surface area contributed by atoms with E-state index in [4.69, 9.17) is 9.84 Å². The van der Waals surface area contributed by atoms with E-state index in [-0.39, 0.29) is 18.9 Å². The van der Waals surface area contributed by atoms with Crippen LogP contribution < -0.4 is 0 Å². The van der Waals surface area contributed by atoms with Gasteiger partial charge in [0.2, 0.25) is 10.0 Å². The van der Waals surface area contributed by atoms with Crippen molar-refractivity contribution < 1.29 is 27.9 Å². The van der Waals surface area contributed by atoms with Gasteiger partial charge in [-0.15, -0.1) is 0 Å². The summed E-state index contributed by atoms with van der Waals surface area (Å²) in [4.78, 5) is 22.7. The molecule has 0 aromatic heterocycles. The van der Waals surface area contributed by atoms with Crippen LogP contribution in [-0.4, -0.2) is 49.0 Å². The van der Waals surface area contributed by atoms with Gasteiger partial charge in [-0.3, -0.25) is 4.79 Å². The summed E-state index contributed by atoms with van der Waals surface area (Å²) in [5.74, 6) is -1.88. The summed E-state index contributed by atoms with van der Waals surface area (Å²) in [5.41, 5.74) is 0.840. The first kappa shape index (κ1) is 17.4. The first-order valence-corrected chi connectivity index (χ1v) is 8.94. The molecule has 0 unspecified atom stereocenters. The first-order valence-electron chi connectivity index (χ1n) is 7.33. The molecule has 1 aromatic carbocycles. The zero-order valence-corrected chi connectivity index (χ0v) is 13.6. The summed E-state index contributed by atoms with van der Waals surface area (Å²) in [6.45, 7) is 2.19. The number of carbonyl (C=O) groups is 2. The smallest absolute Gasteiger partial charge is 0.338 e. The largest absolute Gasteiger partial charge is 0.480 e. The summed E-state index contributed by atoms with van der Waals surface area (Å²) in [7, 11) is -3.71. The normalized spacial score (nSPS) is 18.7. The Morgan fingerprint density at radius 2 is 1.96 bits per heavy atom. The number of nitrogens with zero attached hydrogens (tertiary/aromatic N) is 1. The average molecular weight is 341 g/mol. The second-order valence-corrected chi connectivity index (χ2v) is 7.20. The van der Waals surface area contributed by atoms with Gasteiger partial charge in [0.25, 0.3) is 0 Å². The average Bonchev–Trinajstić information content (AvgIpc) is 2.98. The van der Waals surface area contributed by atoms with Crippen LogP contribution in [-0.2, 0) is 25.3 Å². The van der Waals surface area contributed by atoms with Gasteiger partial charge in [0.1, 0.15) is 6.04 Å². The van der Waals surface area contributed by atoms with Gasteiger partial charge in [0, 0.05) is 6.54 Å². The third-order valence-electron chi connectivity index (χ3n) is 3.66. The molecule has 8 heteroatoms. The maximum atomic E-state index is 12.4. The van der Waals surface area contributed by atoms with E-state index in [0.717, 1.165) is 4.31 Å². The lowest BCUT2D eigenvalue weighted by Crippen LogP contribution is -2.40. The van der Waals surface area contributed by atoms with Crippen molar-refractivity contribution in [3.63, 3.8) is 0 Å². The number of carboxylic acids is 1. The fourth-order valence-corrected chi connectivity index (χ4v) is 4.34. The number of ether oxygens (including phenoxy) is 1. The molecule has 1 atom stereocenters. The van der Waals surface area contributed by atoms with Gasteiger partial charge in [-0.25, -0.2) is 13.2 Å². The molecule has 7 nitrogen and oxygen atoms in total. The Morgan fingerprint density at radius 3 is 2.52 bits per heavy atom. The Kier molecular flexibility index (Phi) is 5.38. The molecule has 2 rings (SSSR count). The van der Waals surface area contributed by atoms with E-state index >= 15 is 0 Å². The second-order valence-electron chi connectivity index (χ2n) is 5.28. The van der Waals surface area contributed by atoms with E-state index < -0.39 is 28.0 Å². The van der Waals surface area contributed by atoms with E-state index in [0.29, 0.717) is 24.0 Å². The van der Waals surface area contributed by atoms with E-state index in [1.807, 2.05) is 0 Å². The molecule has 1 heterocycles. The number of esters is 1. The van der Waals surface area contributed by atoms with Gasteiger partial charge >= 0.3 is 11.9 Å². The quantitative estimate of drug-likeness (QED) is 0.781. The molecule has 0 amide bonds. The highest BCUT2D eigenvalue weighted by atomic mass is 32.2. The summed E-state index contributed by atoms with van der Waals surface area (Å²) < 4.78 is 30.7. The number of benzene rings is 1. The van der Waals surface area contributed by atoms with Crippen molar-refractivity contribution in [1.29, 1.82) is 0 Å². The molecular formula is C15H19NO6S. The second kappa shape index (κ2) is 7.10. The molecule has 1 fully saturated rings. The van der Waals surface area contributed by atoms with Crippen LogP contribution in [0, 0.1) is 0 Å². The van der Waals surface area contributed by atoms with Crippen LogP contribution in [0.5, 0.6) is 0 Å². The van der Waals surface area contributed by atoms with Crippen molar-refractivity contribution in [3.05, 3.63) is 35.4 Å². The lowest BCUT2D eigenvalue weighted by atomic mass is 10.1. The third kappa shape index (κ3) is 4.08. The van der Waals surface area contributed by atoms with E-state index in [1.54, 1.807) is 6.92 Å². The number of aliphatic carboxylic acids is 1. The molecule has 0 spiro atoms. The summed E-state index contributed by atoms with van der Waals surface area (Å²) in [5, 5.41) is 9.10. The van der Waals surface area contributed by atoms with Crippen LogP contribution in [0.4, 0.5) is 0 Å². The van der Waals surface area contributed by atoms with Gasteiger partial charge < -0.3 is 9.84 Å². The number of carbonyl (C=O) groups excluding carboxylic acids is 1. The minimum absolute atomic E-state index is 0.222. The zero-order valence-electron chi connectivity index (χ0n) is 12.8. The lowest BCUT2D eigenvalue weighted by molar-refractivity contribution is -0.140. The summed E-state index contributed by atoms with van der Waals surface area (Å²) in [6, 6.07) is 5.09. The van der Waals surface area contributed by atoms with Crippen LogP contribution >= 0.6 is 0 Å². The minimum atomic E-state index is -3.71. The maximum absolute atomic E-state index is 12.4.